The molecule has 3 nitrogen and oxygen atoms in total. The topological polar surface area (TPSA) is 46.3 Å². The van der Waals surface area contributed by atoms with Crippen molar-refractivity contribution in [2.24, 2.45) is 5.73 Å². The van der Waals surface area contributed by atoms with Crippen molar-refractivity contribution >= 4 is 33.2 Å². The third-order valence-corrected chi connectivity index (χ3v) is 4.48. The number of likely N-dealkylation sites (N-methyl/N-ethyl adjacent to an activating group) is 1. The molecule has 1 aliphatic rings. The summed E-state index contributed by atoms with van der Waals surface area (Å²) in [5, 5.41) is 2.00. The molecule has 1 aliphatic heterocycles. The molecule has 14 heavy (non-hydrogen) atoms. The molecule has 1 saturated heterocycles. The first-order chi connectivity index (χ1) is 6.61. The predicted molar refractivity (Wildman–Crippen MR) is 60.1 cm³/mol. The van der Waals surface area contributed by atoms with Crippen molar-refractivity contribution in [3.63, 3.8) is 0 Å². The lowest BCUT2D eigenvalue weighted by Gasteiger charge is -2.21. The van der Waals surface area contributed by atoms with Gasteiger partial charge in [-0.3, -0.25) is 4.79 Å². The minimum absolute atomic E-state index is 0.0388. The number of carbonyl (C=O) groups is 1. The molecule has 1 fully saturated rings. The third-order valence-electron chi connectivity index (χ3n) is 2.54. The van der Waals surface area contributed by atoms with E-state index >= 15 is 0 Å². The zero-order chi connectivity index (χ0) is 10.3. The second-order valence-electron chi connectivity index (χ2n) is 3.45. The number of hydrogen-bond acceptors (Lipinski definition) is 3. The molecule has 76 valence electrons. The van der Waals surface area contributed by atoms with Gasteiger partial charge in [0.25, 0.3) is 0 Å². The van der Waals surface area contributed by atoms with E-state index in [-0.39, 0.29) is 18.0 Å². The van der Waals surface area contributed by atoms with Gasteiger partial charge in [0.2, 0.25) is 5.91 Å². The maximum Gasteiger partial charge on any atom is 0.224 e. The summed E-state index contributed by atoms with van der Waals surface area (Å²) >= 11 is 5.10. The number of amides is 1. The Morgan fingerprint density at radius 2 is 2.43 bits per heavy atom. The Hall–Kier alpha value is -0.390. The highest BCUT2D eigenvalue weighted by Gasteiger charge is 2.37. The standard InChI is InChI=1S/C9H11BrN2OS/c1-12-7(13)4-6(11)8(12)9-5(10)2-3-14-9/h2-3,6,8H,4,11H2,1H3. The van der Waals surface area contributed by atoms with Crippen LogP contribution in [0.2, 0.25) is 0 Å². The van der Waals surface area contributed by atoms with Gasteiger partial charge < -0.3 is 10.6 Å². The fraction of sp³-hybridized carbons (Fsp3) is 0.444. The molecule has 2 N–H and O–H groups in total. The minimum Gasteiger partial charge on any atom is -0.336 e. The van der Waals surface area contributed by atoms with Crippen molar-refractivity contribution in [3.8, 4) is 0 Å². The van der Waals surface area contributed by atoms with E-state index in [2.05, 4.69) is 15.9 Å². The van der Waals surface area contributed by atoms with Gasteiger partial charge in [-0.25, -0.2) is 0 Å². The summed E-state index contributed by atoms with van der Waals surface area (Å²) in [5.41, 5.74) is 5.94. The summed E-state index contributed by atoms with van der Waals surface area (Å²) in [6.45, 7) is 0. The fourth-order valence-electron chi connectivity index (χ4n) is 1.79. The van der Waals surface area contributed by atoms with Crippen LogP contribution in [0, 0.1) is 0 Å². The minimum atomic E-state index is -0.0811. The van der Waals surface area contributed by atoms with E-state index in [4.69, 9.17) is 5.73 Å². The van der Waals surface area contributed by atoms with Crippen LogP contribution < -0.4 is 5.73 Å². The van der Waals surface area contributed by atoms with Crippen LogP contribution in [0.3, 0.4) is 0 Å². The van der Waals surface area contributed by atoms with Crippen molar-refractivity contribution in [1.82, 2.24) is 4.90 Å². The van der Waals surface area contributed by atoms with Crippen LogP contribution in [-0.2, 0) is 4.79 Å². The van der Waals surface area contributed by atoms with Crippen LogP contribution in [-0.4, -0.2) is 23.9 Å². The van der Waals surface area contributed by atoms with Gasteiger partial charge in [-0.05, 0) is 27.4 Å². The van der Waals surface area contributed by atoms with Gasteiger partial charge in [0.1, 0.15) is 0 Å². The Balaban J connectivity index is 2.35. The van der Waals surface area contributed by atoms with Crippen LogP contribution in [0.1, 0.15) is 17.3 Å². The maximum absolute atomic E-state index is 11.4. The highest BCUT2D eigenvalue weighted by Crippen LogP contribution is 2.37. The highest BCUT2D eigenvalue weighted by atomic mass is 79.9. The maximum atomic E-state index is 11.4. The zero-order valence-corrected chi connectivity index (χ0v) is 10.1. The quantitative estimate of drug-likeness (QED) is 0.848. The molecule has 5 heteroatoms. The third kappa shape index (κ3) is 1.49. The molecule has 1 aromatic rings. The van der Waals surface area contributed by atoms with Gasteiger partial charge in [-0.2, -0.15) is 0 Å². The lowest BCUT2D eigenvalue weighted by molar-refractivity contribution is -0.127. The molecule has 2 atom stereocenters. The smallest absolute Gasteiger partial charge is 0.224 e. The Morgan fingerprint density at radius 1 is 1.71 bits per heavy atom. The molecule has 0 saturated carbocycles. The van der Waals surface area contributed by atoms with E-state index < -0.39 is 0 Å². The molecule has 0 bridgehead atoms. The number of hydrogen-bond donors (Lipinski definition) is 1. The Bertz CT molecular complexity index is 365. The van der Waals surface area contributed by atoms with Gasteiger partial charge in [0.05, 0.1) is 6.04 Å². The van der Waals surface area contributed by atoms with E-state index in [0.717, 1.165) is 9.35 Å². The lowest BCUT2D eigenvalue weighted by atomic mass is 10.1. The summed E-state index contributed by atoms with van der Waals surface area (Å²) in [6, 6.07) is 1.95. The summed E-state index contributed by atoms with van der Waals surface area (Å²) in [4.78, 5) is 14.3. The predicted octanol–water partition coefficient (Wildman–Crippen LogP) is 1.74. The molecule has 1 amide bonds. The zero-order valence-electron chi connectivity index (χ0n) is 7.74. The molecule has 0 aromatic carbocycles. The summed E-state index contributed by atoms with van der Waals surface area (Å²) in [5.74, 6) is 0.128. The fourth-order valence-corrected chi connectivity index (χ4v) is 3.61. The molecular weight excluding hydrogens is 264 g/mol. The number of nitrogens with zero attached hydrogens (tertiary/aromatic N) is 1. The van der Waals surface area contributed by atoms with Crippen molar-refractivity contribution in [3.05, 3.63) is 20.8 Å². The van der Waals surface area contributed by atoms with Crippen molar-refractivity contribution in [2.75, 3.05) is 7.05 Å². The van der Waals surface area contributed by atoms with Crippen LogP contribution in [0.25, 0.3) is 0 Å². The second-order valence-corrected chi connectivity index (χ2v) is 5.25. The number of rotatable bonds is 1. The lowest BCUT2D eigenvalue weighted by Crippen LogP contribution is -2.29. The monoisotopic (exact) mass is 274 g/mol. The average molecular weight is 275 g/mol. The van der Waals surface area contributed by atoms with Crippen molar-refractivity contribution in [2.45, 2.75) is 18.5 Å². The van der Waals surface area contributed by atoms with E-state index in [9.17, 15) is 4.79 Å². The summed E-state index contributed by atoms with van der Waals surface area (Å²) in [6.07, 6.45) is 0.450. The molecule has 0 aliphatic carbocycles. The van der Waals surface area contributed by atoms with E-state index in [0.29, 0.717) is 6.42 Å². The van der Waals surface area contributed by atoms with E-state index in [1.807, 2.05) is 18.5 Å². The molecule has 2 rings (SSSR count). The van der Waals surface area contributed by atoms with Crippen LogP contribution in [0.15, 0.2) is 15.9 Å². The molecule has 1 aromatic heterocycles. The number of thiophene rings is 1. The summed E-state index contributed by atoms with van der Waals surface area (Å²) in [7, 11) is 1.81. The Labute approximate surface area is 95.0 Å². The first-order valence-electron chi connectivity index (χ1n) is 4.35. The van der Waals surface area contributed by atoms with Crippen molar-refractivity contribution < 1.29 is 4.79 Å². The number of likely N-dealkylation sites (tertiary alicyclic amines) is 1. The molecule has 2 unspecified atom stereocenters. The number of nitrogens with two attached hydrogens (primary N) is 1. The normalized spacial score (nSPS) is 27.4. The van der Waals surface area contributed by atoms with Gasteiger partial charge in [0, 0.05) is 28.9 Å². The number of halogens is 1. The van der Waals surface area contributed by atoms with Crippen LogP contribution in [0.4, 0.5) is 0 Å². The average Bonchev–Trinajstić information content (AvgIpc) is 2.60. The number of carbonyl (C=O) groups excluding carboxylic acids is 1. The van der Waals surface area contributed by atoms with Gasteiger partial charge >= 0.3 is 0 Å². The van der Waals surface area contributed by atoms with Crippen molar-refractivity contribution in [1.29, 1.82) is 0 Å². The molecular formula is C9H11BrN2OS. The summed E-state index contributed by atoms with van der Waals surface area (Å²) < 4.78 is 1.05. The van der Waals surface area contributed by atoms with Gasteiger partial charge in [-0.1, -0.05) is 0 Å². The second kappa shape index (κ2) is 3.64. The highest BCUT2D eigenvalue weighted by molar-refractivity contribution is 9.10. The molecule has 0 spiro atoms. The Morgan fingerprint density at radius 3 is 2.86 bits per heavy atom. The van der Waals surface area contributed by atoms with Gasteiger partial charge in [0.15, 0.2) is 0 Å². The van der Waals surface area contributed by atoms with Crippen LogP contribution >= 0.6 is 27.3 Å². The van der Waals surface area contributed by atoms with E-state index in [1.54, 1.807) is 16.2 Å². The van der Waals surface area contributed by atoms with Crippen LogP contribution in [0.5, 0.6) is 0 Å². The first-order valence-corrected chi connectivity index (χ1v) is 6.02. The molecule has 2 heterocycles. The van der Waals surface area contributed by atoms with E-state index in [1.165, 1.54) is 0 Å². The largest absolute Gasteiger partial charge is 0.336 e. The van der Waals surface area contributed by atoms with Gasteiger partial charge in [-0.15, -0.1) is 11.3 Å². The SMILES string of the molecule is CN1C(=O)CC(N)C1c1sccc1Br. The first kappa shape index (κ1) is 10.1. The molecule has 0 radical (unpaired) electrons. The Kier molecular flexibility index (Phi) is 2.64.